The van der Waals surface area contributed by atoms with Crippen molar-refractivity contribution >= 4 is 28.0 Å². The molecule has 0 unspecified atom stereocenters. The zero-order valence-electron chi connectivity index (χ0n) is 36.4. The fraction of sp³-hybridized carbons (Fsp3) is 0.609. The molecule has 0 aliphatic carbocycles. The van der Waals surface area contributed by atoms with Crippen LogP contribution < -0.4 is 14.9 Å². The van der Waals surface area contributed by atoms with Gasteiger partial charge in [0.05, 0.1) is 25.2 Å². The average molecular weight is 805 g/mol. The zero-order chi connectivity index (χ0) is 42.0. The highest BCUT2D eigenvalue weighted by atomic mass is 16.6. The molecule has 320 valence electrons. The Morgan fingerprint density at radius 2 is 1.24 bits per heavy atom. The van der Waals surface area contributed by atoms with E-state index in [4.69, 9.17) is 18.6 Å². The van der Waals surface area contributed by atoms with Crippen LogP contribution in [0.1, 0.15) is 90.8 Å². The van der Waals surface area contributed by atoms with Crippen molar-refractivity contribution in [2.24, 2.45) is 0 Å². The minimum absolute atomic E-state index is 0.106. The molecule has 0 atom stereocenters. The number of hydrogen-bond acceptors (Lipinski definition) is 11. The number of fused-ring (bicyclic) bond motifs is 2. The van der Waals surface area contributed by atoms with Crippen LogP contribution in [0.2, 0.25) is 0 Å². The van der Waals surface area contributed by atoms with E-state index in [0.29, 0.717) is 78.3 Å². The van der Waals surface area contributed by atoms with E-state index >= 15 is 0 Å². The van der Waals surface area contributed by atoms with Gasteiger partial charge in [0.15, 0.2) is 0 Å². The summed E-state index contributed by atoms with van der Waals surface area (Å²) in [5, 5.41) is 23.0. The maximum Gasteiger partial charge on any atom is 0.410 e. The Kier molecular flexibility index (Phi) is 16.1. The summed E-state index contributed by atoms with van der Waals surface area (Å²) in [6.45, 7) is 23.3. The van der Waals surface area contributed by atoms with E-state index < -0.39 is 5.60 Å². The Labute approximate surface area is 345 Å². The van der Waals surface area contributed by atoms with Gasteiger partial charge in [-0.25, -0.2) is 4.79 Å². The van der Waals surface area contributed by atoms with Gasteiger partial charge in [0, 0.05) is 75.6 Å². The van der Waals surface area contributed by atoms with Crippen LogP contribution in [0.5, 0.6) is 17.2 Å². The third kappa shape index (κ3) is 12.2. The Morgan fingerprint density at radius 1 is 0.741 bits per heavy atom. The van der Waals surface area contributed by atoms with Crippen molar-refractivity contribution in [3.8, 4) is 17.2 Å². The number of hydrogen-bond donors (Lipinski definition) is 2. The molecule has 3 aromatic rings. The van der Waals surface area contributed by atoms with Crippen LogP contribution in [-0.4, -0.2) is 127 Å². The number of allylic oxidation sites excluding steroid dienone is 4. The van der Waals surface area contributed by atoms with E-state index in [9.17, 15) is 19.8 Å². The summed E-state index contributed by atoms with van der Waals surface area (Å²) in [6, 6.07) is 3.45. The fourth-order valence-electron chi connectivity index (χ4n) is 7.52. The number of carbonyl (C=O) groups is 1. The fourth-order valence-corrected chi connectivity index (χ4v) is 7.52. The molecule has 2 N–H and O–H groups in total. The lowest BCUT2D eigenvalue weighted by Crippen LogP contribution is -2.50. The van der Waals surface area contributed by atoms with Gasteiger partial charge >= 0.3 is 6.09 Å². The smallest absolute Gasteiger partial charge is 0.410 e. The second kappa shape index (κ2) is 20.7. The Bertz CT molecular complexity index is 1970. The van der Waals surface area contributed by atoms with Crippen LogP contribution in [0.3, 0.4) is 0 Å². The van der Waals surface area contributed by atoms with Gasteiger partial charge in [0.1, 0.15) is 39.4 Å². The van der Waals surface area contributed by atoms with Crippen molar-refractivity contribution in [3.05, 3.63) is 62.3 Å². The number of benzene rings is 2. The Balaban J connectivity index is 1.35. The first-order valence-electron chi connectivity index (χ1n) is 21.2. The lowest BCUT2D eigenvalue weighted by Gasteiger charge is -2.35. The molecule has 1 aromatic heterocycles. The first kappa shape index (κ1) is 45.0. The summed E-state index contributed by atoms with van der Waals surface area (Å²) < 4.78 is 24.7. The minimum Gasteiger partial charge on any atom is -0.507 e. The van der Waals surface area contributed by atoms with Crippen LogP contribution in [0.25, 0.3) is 21.9 Å². The lowest BCUT2D eigenvalue weighted by atomic mass is 9.95. The van der Waals surface area contributed by atoms with E-state index in [1.807, 2.05) is 60.6 Å². The Morgan fingerprint density at radius 3 is 1.76 bits per heavy atom. The normalized spacial score (nSPS) is 15.8. The standard InChI is InChI=1S/C46H68N4O8/c1-32(2)13-15-34-36(31-51)38(56-28-12-10-18-49-23-25-50(26-24-49)45(54)58-46(5,6)7)30-39-41(34)44(53)42-40(57-39)29-37(35(43(42)52)16-14-33(3)4)55-27-11-9-17-48-21-19-47(8)20-22-48/h13-14,29-30,51-52H,9-12,15-28,31H2,1-8H3. The number of likely N-dealkylation sites (N-methyl/N-ethyl adjacent to an activating group) is 1. The second-order valence-corrected chi connectivity index (χ2v) is 17.4. The molecule has 0 radical (unpaired) electrons. The third-order valence-electron chi connectivity index (χ3n) is 10.9. The first-order valence-corrected chi connectivity index (χ1v) is 21.2. The van der Waals surface area contributed by atoms with Crippen molar-refractivity contribution in [2.45, 2.75) is 99.2 Å². The zero-order valence-corrected chi connectivity index (χ0v) is 36.4. The van der Waals surface area contributed by atoms with Crippen molar-refractivity contribution in [3.63, 3.8) is 0 Å². The molecule has 0 saturated carbocycles. The van der Waals surface area contributed by atoms with Gasteiger partial charge < -0.3 is 43.5 Å². The minimum atomic E-state index is -0.512. The van der Waals surface area contributed by atoms with E-state index in [2.05, 4.69) is 21.7 Å². The number of unbranched alkanes of at least 4 members (excludes halogenated alkanes) is 2. The van der Waals surface area contributed by atoms with Gasteiger partial charge in [0.25, 0.3) is 0 Å². The first-order chi connectivity index (χ1) is 27.6. The van der Waals surface area contributed by atoms with Crippen LogP contribution in [0.4, 0.5) is 4.79 Å². The molecule has 0 spiro atoms. The van der Waals surface area contributed by atoms with Crippen LogP contribution >= 0.6 is 0 Å². The van der Waals surface area contributed by atoms with Crippen LogP contribution in [-0.2, 0) is 24.2 Å². The number of aliphatic hydroxyl groups is 1. The van der Waals surface area contributed by atoms with Gasteiger partial charge in [0.2, 0.25) is 5.43 Å². The second-order valence-electron chi connectivity index (χ2n) is 17.4. The van der Waals surface area contributed by atoms with Gasteiger partial charge in [-0.1, -0.05) is 23.3 Å². The number of ether oxygens (including phenoxy) is 3. The van der Waals surface area contributed by atoms with Gasteiger partial charge in [-0.05, 0) is 113 Å². The van der Waals surface area contributed by atoms with E-state index in [-0.39, 0.29) is 34.8 Å². The quantitative estimate of drug-likeness (QED) is 0.0812. The van der Waals surface area contributed by atoms with Crippen molar-refractivity contribution in [2.75, 3.05) is 85.7 Å². The lowest BCUT2D eigenvalue weighted by molar-refractivity contribution is 0.0143. The molecule has 1 amide bonds. The molecular formula is C46H68N4O8. The summed E-state index contributed by atoms with van der Waals surface area (Å²) in [6.07, 6.45) is 8.10. The molecular weight excluding hydrogens is 737 g/mol. The maximum absolute atomic E-state index is 14.5. The van der Waals surface area contributed by atoms with Gasteiger partial charge in [-0.15, -0.1) is 0 Å². The van der Waals surface area contributed by atoms with E-state index in [0.717, 1.165) is 89.2 Å². The summed E-state index contributed by atoms with van der Waals surface area (Å²) in [7, 11) is 2.16. The number of aliphatic hydroxyl groups excluding tert-OH is 1. The number of amides is 1. The maximum atomic E-state index is 14.5. The molecule has 2 aliphatic heterocycles. The summed E-state index contributed by atoms with van der Waals surface area (Å²) in [5.74, 6) is 0.842. The number of rotatable bonds is 17. The van der Waals surface area contributed by atoms with Crippen molar-refractivity contribution in [1.29, 1.82) is 0 Å². The van der Waals surface area contributed by atoms with Crippen molar-refractivity contribution < 1.29 is 33.6 Å². The number of phenolic OH excluding ortho intramolecular Hbond substituents is 1. The number of aromatic hydroxyl groups is 1. The molecule has 58 heavy (non-hydrogen) atoms. The van der Waals surface area contributed by atoms with Gasteiger partial charge in [-0.3, -0.25) is 9.69 Å². The number of phenols is 1. The predicted molar refractivity (Wildman–Crippen MR) is 231 cm³/mol. The summed E-state index contributed by atoms with van der Waals surface area (Å²) >= 11 is 0. The molecule has 5 rings (SSSR count). The summed E-state index contributed by atoms with van der Waals surface area (Å²) in [4.78, 5) is 36.0. The molecule has 2 aromatic carbocycles. The predicted octanol–water partition coefficient (Wildman–Crippen LogP) is 7.28. The highest BCUT2D eigenvalue weighted by Crippen LogP contribution is 2.39. The SMILES string of the molecule is CC(C)=CCc1c(OCCCCN2CCN(C)CC2)cc2oc3cc(OCCCCN4CCN(C(=O)OC(C)(C)C)CC4)c(CO)c(CC=C(C)C)c3c(=O)c2c1O. The van der Waals surface area contributed by atoms with Crippen LogP contribution in [0, 0.1) is 0 Å². The molecule has 2 fully saturated rings. The largest absolute Gasteiger partial charge is 0.507 e. The molecule has 0 bridgehead atoms. The number of piperazine rings is 2. The number of carbonyl (C=O) groups excluding carboxylic acids is 1. The Hall–Kier alpha value is -4.10. The van der Waals surface area contributed by atoms with E-state index in [1.54, 1.807) is 17.0 Å². The number of nitrogens with zero attached hydrogens (tertiary/aromatic N) is 4. The van der Waals surface area contributed by atoms with E-state index in [1.165, 1.54) is 0 Å². The van der Waals surface area contributed by atoms with Crippen LogP contribution in [0.15, 0.2) is 44.6 Å². The molecule has 2 saturated heterocycles. The molecule has 12 nitrogen and oxygen atoms in total. The topological polar surface area (TPSA) is 128 Å². The molecule has 12 heteroatoms. The van der Waals surface area contributed by atoms with Crippen molar-refractivity contribution in [1.82, 2.24) is 19.6 Å². The molecule has 3 heterocycles. The molecule has 2 aliphatic rings. The van der Waals surface area contributed by atoms with Gasteiger partial charge in [-0.2, -0.15) is 0 Å². The monoisotopic (exact) mass is 805 g/mol. The highest BCUT2D eigenvalue weighted by Gasteiger charge is 2.27. The highest BCUT2D eigenvalue weighted by molar-refractivity contribution is 5.97. The third-order valence-corrected chi connectivity index (χ3v) is 10.9. The average Bonchev–Trinajstić information content (AvgIpc) is 3.16. The summed E-state index contributed by atoms with van der Waals surface area (Å²) in [5.41, 5.74) is 3.58.